The average Bonchev–Trinajstić information content (AvgIpc) is 2.83. The number of hydrogen-bond acceptors (Lipinski definition) is 3. The van der Waals surface area contributed by atoms with Crippen molar-refractivity contribution in [2.45, 2.75) is 76.9 Å². The third-order valence-corrected chi connectivity index (χ3v) is 6.32. The molecule has 0 bridgehead atoms. The number of rotatable bonds is 3. The molecule has 1 N–H and O–H groups in total. The van der Waals surface area contributed by atoms with Gasteiger partial charge in [-0.2, -0.15) is 0 Å². The molecule has 126 valence electrons. The predicted molar refractivity (Wildman–Crippen MR) is 85.5 cm³/mol. The van der Waals surface area contributed by atoms with Crippen molar-refractivity contribution in [3.05, 3.63) is 0 Å². The summed E-state index contributed by atoms with van der Waals surface area (Å²) >= 11 is 0. The Morgan fingerprint density at radius 1 is 1.18 bits per heavy atom. The van der Waals surface area contributed by atoms with Crippen LogP contribution in [-0.4, -0.2) is 47.8 Å². The minimum absolute atomic E-state index is 0.0732. The number of amides is 1. The molecule has 0 aromatic heterocycles. The van der Waals surface area contributed by atoms with Gasteiger partial charge in [-0.1, -0.05) is 25.7 Å². The minimum Gasteiger partial charge on any atom is -0.392 e. The lowest BCUT2D eigenvalue weighted by molar-refractivity contribution is -0.210. The van der Waals surface area contributed by atoms with E-state index in [-0.39, 0.29) is 23.5 Å². The molecule has 2 saturated carbocycles. The molecule has 0 unspecified atom stereocenters. The Balaban J connectivity index is 1.55. The first-order valence-corrected chi connectivity index (χ1v) is 9.26. The highest BCUT2D eigenvalue weighted by Gasteiger charge is 2.56. The van der Waals surface area contributed by atoms with Crippen LogP contribution >= 0.6 is 0 Å². The molecule has 2 aliphatic carbocycles. The fraction of sp³-hybridized carbons (Fsp3) is 0.944. The first-order valence-electron chi connectivity index (χ1n) is 9.26. The predicted octanol–water partition coefficient (Wildman–Crippen LogP) is 2.74. The van der Waals surface area contributed by atoms with E-state index >= 15 is 0 Å². The number of carbonyl (C=O) groups excluding carboxylic acids is 1. The van der Waals surface area contributed by atoms with E-state index in [1.165, 1.54) is 25.7 Å². The minimum atomic E-state index is -0.237. The monoisotopic (exact) mass is 309 g/mol. The number of carbonyl (C=O) groups is 1. The highest BCUT2D eigenvalue weighted by molar-refractivity contribution is 5.79. The van der Waals surface area contributed by atoms with Crippen molar-refractivity contribution in [2.24, 2.45) is 11.3 Å². The van der Waals surface area contributed by atoms with Crippen LogP contribution in [0.1, 0.15) is 64.7 Å². The van der Waals surface area contributed by atoms with Crippen molar-refractivity contribution in [2.75, 3.05) is 19.7 Å². The van der Waals surface area contributed by atoms with Crippen molar-refractivity contribution >= 4 is 5.91 Å². The molecule has 22 heavy (non-hydrogen) atoms. The zero-order valence-electron chi connectivity index (χ0n) is 13.9. The van der Waals surface area contributed by atoms with Gasteiger partial charge in [0.05, 0.1) is 12.2 Å². The second-order valence-electron chi connectivity index (χ2n) is 7.44. The second-order valence-corrected chi connectivity index (χ2v) is 7.44. The Morgan fingerprint density at radius 3 is 2.36 bits per heavy atom. The lowest BCUT2D eigenvalue weighted by Crippen LogP contribution is -2.63. The Labute approximate surface area is 134 Å². The van der Waals surface area contributed by atoms with Crippen LogP contribution in [0.3, 0.4) is 0 Å². The number of aliphatic hydroxyl groups excluding tert-OH is 1. The van der Waals surface area contributed by atoms with E-state index in [4.69, 9.17) is 4.74 Å². The topological polar surface area (TPSA) is 49.8 Å². The van der Waals surface area contributed by atoms with Crippen LogP contribution in [0.15, 0.2) is 0 Å². The fourth-order valence-corrected chi connectivity index (χ4v) is 4.74. The van der Waals surface area contributed by atoms with Crippen molar-refractivity contribution in [3.8, 4) is 0 Å². The third-order valence-electron chi connectivity index (χ3n) is 6.32. The molecule has 1 spiro atoms. The molecular formula is C18H31NO3. The Morgan fingerprint density at radius 2 is 1.82 bits per heavy atom. The largest absolute Gasteiger partial charge is 0.392 e. The number of hydrogen-bond donors (Lipinski definition) is 1. The molecule has 1 aliphatic heterocycles. The molecule has 0 aromatic carbocycles. The van der Waals surface area contributed by atoms with E-state index in [0.29, 0.717) is 12.5 Å². The average molecular weight is 309 g/mol. The third kappa shape index (κ3) is 2.92. The van der Waals surface area contributed by atoms with Crippen molar-refractivity contribution in [1.29, 1.82) is 0 Å². The molecule has 1 amide bonds. The summed E-state index contributed by atoms with van der Waals surface area (Å²) in [5, 5.41) is 10.2. The molecule has 4 nitrogen and oxygen atoms in total. The molecule has 1 heterocycles. The van der Waals surface area contributed by atoms with E-state index in [2.05, 4.69) is 4.90 Å². The van der Waals surface area contributed by atoms with E-state index in [9.17, 15) is 9.90 Å². The van der Waals surface area contributed by atoms with Crippen LogP contribution in [0.2, 0.25) is 0 Å². The van der Waals surface area contributed by atoms with Crippen LogP contribution < -0.4 is 0 Å². The van der Waals surface area contributed by atoms with E-state index in [1.54, 1.807) is 0 Å². The zero-order valence-corrected chi connectivity index (χ0v) is 13.9. The standard InChI is InChI=1S/C18H31NO3/c1-2-22-16-13-15(20)18(16)9-11-19(12-10-18)17(21)14-7-5-3-4-6-8-14/h14-16,20H,2-13H2,1H3/t15-,16-/m1/s1. The summed E-state index contributed by atoms with van der Waals surface area (Å²) in [5.41, 5.74) is -0.0732. The van der Waals surface area contributed by atoms with Crippen molar-refractivity contribution in [3.63, 3.8) is 0 Å². The van der Waals surface area contributed by atoms with Crippen LogP contribution in [0.5, 0.6) is 0 Å². The van der Waals surface area contributed by atoms with E-state index in [0.717, 1.165) is 45.2 Å². The fourth-order valence-electron chi connectivity index (χ4n) is 4.74. The first kappa shape index (κ1) is 16.3. The molecular weight excluding hydrogens is 278 g/mol. The summed E-state index contributed by atoms with van der Waals surface area (Å²) < 4.78 is 5.81. The summed E-state index contributed by atoms with van der Waals surface area (Å²) in [7, 11) is 0. The molecule has 3 rings (SSSR count). The first-order chi connectivity index (χ1) is 10.7. The summed E-state index contributed by atoms with van der Waals surface area (Å²) in [6.45, 7) is 4.33. The zero-order chi connectivity index (χ0) is 15.6. The SMILES string of the molecule is CCO[C@@H]1C[C@@H](O)C12CCN(C(=O)C1CCCCCC1)CC2. The molecule has 1 saturated heterocycles. The normalized spacial score (nSPS) is 32.5. The number of nitrogens with zero attached hydrogens (tertiary/aromatic N) is 1. The van der Waals surface area contributed by atoms with E-state index in [1.807, 2.05) is 6.92 Å². The number of aliphatic hydroxyl groups is 1. The number of piperidine rings is 1. The lowest BCUT2D eigenvalue weighted by atomic mass is 9.58. The highest BCUT2D eigenvalue weighted by atomic mass is 16.5. The summed E-state index contributed by atoms with van der Waals surface area (Å²) in [4.78, 5) is 14.8. The van der Waals surface area contributed by atoms with E-state index < -0.39 is 0 Å². The maximum atomic E-state index is 12.7. The van der Waals surface area contributed by atoms with Crippen LogP contribution in [0.25, 0.3) is 0 Å². The molecule has 3 aliphatic rings. The summed E-state index contributed by atoms with van der Waals surface area (Å²) in [6, 6.07) is 0. The van der Waals surface area contributed by atoms with Crippen LogP contribution in [-0.2, 0) is 9.53 Å². The van der Waals surface area contributed by atoms with Gasteiger partial charge in [-0.15, -0.1) is 0 Å². The Kier molecular flexibility index (Phi) is 5.08. The Bertz CT molecular complexity index is 380. The van der Waals surface area contributed by atoms with Gasteiger partial charge in [0.25, 0.3) is 0 Å². The van der Waals surface area contributed by atoms with Gasteiger partial charge in [0.1, 0.15) is 0 Å². The van der Waals surface area contributed by atoms with Crippen LogP contribution in [0.4, 0.5) is 0 Å². The molecule has 2 atom stereocenters. The van der Waals surface area contributed by atoms with Gasteiger partial charge in [0, 0.05) is 37.5 Å². The van der Waals surface area contributed by atoms with Gasteiger partial charge >= 0.3 is 0 Å². The summed E-state index contributed by atoms with van der Waals surface area (Å²) in [6.07, 6.45) is 9.67. The highest BCUT2D eigenvalue weighted by Crippen LogP contribution is 2.51. The van der Waals surface area contributed by atoms with Gasteiger partial charge < -0.3 is 14.7 Å². The number of likely N-dealkylation sites (tertiary alicyclic amines) is 1. The molecule has 3 fully saturated rings. The van der Waals surface area contributed by atoms with Crippen LogP contribution in [0, 0.1) is 11.3 Å². The van der Waals surface area contributed by atoms with Gasteiger partial charge in [0.15, 0.2) is 0 Å². The van der Waals surface area contributed by atoms with Gasteiger partial charge in [-0.3, -0.25) is 4.79 Å². The number of ether oxygens (including phenoxy) is 1. The molecule has 0 aromatic rings. The second kappa shape index (κ2) is 6.88. The smallest absolute Gasteiger partial charge is 0.225 e. The molecule has 4 heteroatoms. The van der Waals surface area contributed by atoms with Gasteiger partial charge in [-0.25, -0.2) is 0 Å². The van der Waals surface area contributed by atoms with Crippen molar-refractivity contribution in [1.82, 2.24) is 4.90 Å². The maximum Gasteiger partial charge on any atom is 0.225 e. The maximum absolute atomic E-state index is 12.7. The van der Waals surface area contributed by atoms with Gasteiger partial charge in [0.2, 0.25) is 5.91 Å². The molecule has 0 radical (unpaired) electrons. The lowest BCUT2D eigenvalue weighted by Gasteiger charge is -2.56. The van der Waals surface area contributed by atoms with Crippen molar-refractivity contribution < 1.29 is 14.6 Å². The summed E-state index contributed by atoms with van der Waals surface area (Å²) in [5.74, 6) is 0.629. The quantitative estimate of drug-likeness (QED) is 0.816. The Hall–Kier alpha value is -0.610. The van der Waals surface area contributed by atoms with Gasteiger partial charge in [-0.05, 0) is 32.6 Å².